The van der Waals surface area contributed by atoms with E-state index in [1.54, 1.807) is 31.3 Å². The first kappa shape index (κ1) is 19.2. The number of benzene rings is 2. The van der Waals surface area contributed by atoms with Crippen LogP contribution in [0.5, 0.6) is 0 Å². The van der Waals surface area contributed by atoms with Gasteiger partial charge in [-0.25, -0.2) is 0 Å². The lowest BCUT2D eigenvalue weighted by atomic mass is 10.2. The average molecular weight is 425 g/mol. The predicted molar refractivity (Wildman–Crippen MR) is 115 cm³/mol. The van der Waals surface area contributed by atoms with Crippen molar-refractivity contribution in [2.45, 2.75) is 6.04 Å². The second kappa shape index (κ2) is 8.11. The topological polar surface area (TPSA) is 71.3 Å². The molecular formula is C22H17ClN2O3S. The molecule has 4 rings (SSSR count). The van der Waals surface area contributed by atoms with Gasteiger partial charge in [0, 0.05) is 27.2 Å². The maximum atomic E-state index is 12.8. The maximum absolute atomic E-state index is 12.8. The van der Waals surface area contributed by atoms with E-state index >= 15 is 0 Å². The third kappa shape index (κ3) is 4.04. The summed E-state index contributed by atoms with van der Waals surface area (Å²) in [4.78, 5) is 26.0. The minimum absolute atomic E-state index is 0.130. The largest absolute Gasteiger partial charge is 0.451 e. The number of fused-ring (bicyclic) bond motifs is 1. The van der Waals surface area contributed by atoms with E-state index in [-0.39, 0.29) is 11.7 Å². The van der Waals surface area contributed by atoms with Crippen molar-refractivity contribution in [1.29, 1.82) is 0 Å². The number of likely N-dealkylation sites (N-methyl/N-ethyl adjacent to an activating group) is 1. The van der Waals surface area contributed by atoms with Gasteiger partial charge in [0.05, 0.1) is 0 Å². The highest BCUT2D eigenvalue weighted by Crippen LogP contribution is 2.30. The molecule has 0 aliphatic heterocycles. The van der Waals surface area contributed by atoms with Crippen LogP contribution in [0.3, 0.4) is 0 Å². The van der Waals surface area contributed by atoms with Gasteiger partial charge in [0.25, 0.3) is 5.91 Å². The van der Waals surface area contributed by atoms with Crippen LogP contribution in [0.25, 0.3) is 21.4 Å². The Balaban J connectivity index is 1.58. The summed E-state index contributed by atoms with van der Waals surface area (Å²) in [6, 6.07) is 19.4. The first-order valence-electron chi connectivity index (χ1n) is 8.92. The molecule has 7 heteroatoms. The zero-order chi connectivity index (χ0) is 20.4. The molecule has 146 valence electrons. The third-order valence-corrected chi connectivity index (χ3v) is 5.90. The number of rotatable bonds is 5. The molecule has 0 bridgehead atoms. The van der Waals surface area contributed by atoms with E-state index in [9.17, 15) is 9.59 Å². The van der Waals surface area contributed by atoms with Gasteiger partial charge >= 0.3 is 0 Å². The molecule has 0 aliphatic carbocycles. The fourth-order valence-corrected chi connectivity index (χ4v) is 4.23. The number of carbonyl (C=O) groups excluding carboxylic acids is 2. The summed E-state index contributed by atoms with van der Waals surface area (Å²) >= 11 is 7.38. The van der Waals surface area contributed by atoms with Gasteiger partial charge in [-0.1, -0.05) is 29.8 Å². The van der Waals surface area contributed by atoms with Gasteiger partial charge in [-0.2, -0.15) is 0 Å². The average Bonchev–Trinajstić information content (AvgIpc) is 3.39. The van der Waals surface area contributed by atoms with Crippen molar-refractivity contribution in [3.8, 4) is 11.3 Å². The van der Waals surface area contributed by atoms with Gasteiger partial charge in [0.2, 0.25) is 5.91 Å². The number of hydrogen-bond donors (Lipinski definition) is 2. The van der Waals surface area contributed by atoms with Crippen LogP contribution in [0.1, 0.15) is 21.5 Å². The van der Waals surface area contributed by atoms with E-state index in [4.69, 9.17) is 16.0 Å². The van der Waals surface area contributed by atoms with Gasteiger partial charge in [0.1, 0.15) is 11.8 Å². The van der Waals surface area contributed by atoms with Crippen LogP contribution in [0.15, 0.2) is 71.1 Å². The maximum Gasteiger partial charge on any atom is 0.287 e. The normalized spacial score (nSPS) is 11.9. The van der Waals surface area contributed by atoms with E-state index < -0.39 is 11.9 Å². The second-order valence-corrected chi connectivity index (χ2v) is 7.93. The highest BCUT2D eigenvalue weighted by Gasteiger charge is 2.25. The molecule has 2 amide bonds. The minimum atomic E-state index is -0.811. The summed E-state index contributed by atoms with van der Waals surface area (Å²) in [6.07, 6.45) is 0. The Kier molecular flexibility index (Phi) is 5.38. The molecule has 0 saturated heterocycles. The van der Waals surface area contributed by atoms with Crippen LogP contribution in [0.4, 0.5) is 0 Å². The third-order valence-electron chi connectivity index (χ3n) is 4.47. The van der Waals surface area contributed by atoms with Gasteiger partial charge < -0.3 is 15.1 Å². The summed E-state index contributed by atoms with van der Waals surface area (Å²) in [6.45, 7) is 0. The Labute approximate surface area is 176 Å². The van der Waals surface area contributed by atoms with E-state index in [0.717, 1.165) is 20.5 Å². The van der Waals surface area contributed by atoms with Crippen molar-refractivity contribution >= 4 is 44.8 Å². The predicted octanol–water partition coefficient (Wildman–Crippen LogP) is 5.03. The molecule has 2 N–H and O–H groups in total. The lowest BCUT2D eigenvalue weighted by Crippen LogP contribution is -2.38. The van der Waals surface area contributed by atoms with Crippen molar-refractivity contribution in [3.05, 3.63) is 82.4 Å². The molecule has 2 aromatic carbocycles. The summed E-state index contributed by atoms with van der Waals surface area (Å²) in [7, 11) is 1.54. The number of hydrogen-bond acceptors (Lipinski definition) is 4. The van der Waals surface area contributed by atoms with Crippen LogP contribution >= 0.6 is 22.9 Å². The Bertz CT molecular complexity index is 1150. The smallest absolute Gasteiger partial charge is 0.287 e. The molecule has 2 aromatic heterocycles. The van der Waals surface area contributed by atoms with Gasteiger partial charge in [-0.15, -0.1) is 11.3 Å². The number of halogens is 1. The van der Waals surface area contributed by atoms with Crippen LogP contribution in [-0.2, 0) is 4.79 Å². The van der Waals surface area contributed by atoms with Gasteiger partial charge in [0.15, 0.2) is 5.76 Å². The van der Waals surface area contributed by atoms with E-state index in [1.165, 1.54) is 11.3 Å². The first-order chi connectivity index (χ1) is 14.0. The summed E-state index contributed by atoms with van der Waals surface area (Å²) < 4.78 is 6.75. The molecule has 5 nitrogen and oxygen atoms in total. The second-order valence-electron chi connectivity index (χ2n) is 6.38. The molecule has 0 saturated carbocycles. The Morgan fingerprint density at radius 1 is 1.03 bits per heavy atom. The minimum Gasteiger partial charge on any atom is -0.451 e. The van der Waals surface area contributed by atoms with Crippen molar-refractivity contribution in [3.63, 3.8) is 0 Å². The number of carbonyl (C=O) groups is 2. The summed E-state index contributed by atoms with van der Waals surface area (Å²) in [5.74, 6) is -0.0826. The number of thiophene rings is 1. The molecule has 0 radical (unpaired) electrons. The van der Waals surface area contributed by atoms with Crippen molar-refractivity contribution in [2.24, 2.45) is 0 Å². The highest BCUT2D eigenvalue weighted by atomic mass is 35.5. The zero-order valence-electron chi connectivity index (χ0n) is 15.4. The zero-order valence-corrected chi connectivity index (χ0v) is 17.0. The van der Waals surface area contributed by atoms with Crippen LogP contribution in [0.2, 0.25) is 5.02 Å². The Hall–Kier alpha value is -3.09. The van der Waals surface area contributed by atoms with Crippen LogP contribution < -0.4 is 10.6 Å². The van der Waals surface area contributed by atoms with Crippen LogP contribution in [-0.4, -0.2) is 18.9 Å². The molecule has 2 heterocycles. The van der Waals surface area contributed by atoms with Gasteiger partial charge in [-0.05, 0) is 53.9 Å². The summed E-state index contributed by atoms with van der Waals surface area (Å²) in [5, 5.41) is 7.04. The molecule has 4 aromatic rings. The molecule has 0 spiro atoms. The quantitative estimate of drug-likeness (QED) is 0.472. The monoisotopic (exact) mass is 424 g/mol. The number of amides is 2. The SMILES string of the molecule is CNC(=O)[C@@H](NC(=O)c1ccc(-c2ccc(Cl)cc2)o1)c1cc2ccccc2s1. The number of furan rings is 1. The molecule has 1 atom stereocenters. The van der Waals surface area contributed by atoms with Crippen molar-refractivity contribution in [1.82, 2.24) is 10.6 Å². The number of nitrogens with one attached hydrogen (secondary N) is 2. The summed E-state index contributed by atoms with van der Waals surface area (Å²) in [5.41, 5.74) is 0.806. The van der Waals surface area contributed by atoms with Crippen LogP contribution in [0, 0.1) is 0 Å². The fraction of sp³-hybridized carbons (Fsp3) is 0.0909. The Morgan fingerprint density at radius 3 is 2.52 bits per heavy atom. The molecule has 0 aliphatic rings. The molecule has 0 fully saturated rings. The van der Waals surface area contributed by atoms with E-state index in [2.05, 4.69) is 10.6 Å². The first-order valence-corrected chi connectivity index (χ1v) is 10.1. The molecular weight excluding hydrogens is 408 g/mol. The lowest BCUT2D eigenvalue weighted by Gasteiger charge is -2.15. The standard InChI is InChI=1S/C22H17ClN2O3S/c1-24-22(27)20(19-12-14-4-2-3-5-18(14)29-19)25-21(26)17-11-10-16(28-17)13-6-8-15(23)9-7-13/h2-12,20H,1H3,(H,24,27)(H,25,26)/t20-/m0/s1. The Morgan fingerprint density at radius 2 is 1.79 bits per heavy atom. The highest BCUT2D eigenvalue weighted by molar-refractivity contribution is 7.19. The lowest BCUT2D eigenvalue weighted by molar-refractivity contribution is -0.122. The van der Waals surface area contributed by atoms with Crippen molar-refractivity contribution < 1.29 is 14.0 Å². The molecule has 0 unspecified atom stereocenters. The van der Waals surface area contributed by atoms with E-state index in [0.29, 0.717) is 10.8 Å². The van der Waals surface area contributed by atoms with Crippen molar-refractivity contribution in [2.75, 3.05) is 7.05 Å². The van der Waals surface area contributed by atoms with E-state index in [1.807, 2.05) is 42.5 Å². The fourth-order valence-electron chi connectivity index (χ4n) is 2.99. The van der Waals surface area contributed by atoms with Gasteiger partial charge in [-0.3, -0.25) is 9.59 Å². The molecule has 29 heavy (non-hydrogen) atoms.